The molecule has 0 aliphatic heterocycles. The van der Waals surface area contributed by atoms with Crippen LogP contribution in [0.15, 0.2) is 35.1 Å². The van der Waals surface area contributed by atoms with Crippen LogP contribution in [0.3, 0.4) is 0 Å². The normalized spacial score (nSPS) is 10.2. The fraction of sp³-hybridized carbons (Fsp3) is 0.0833. The second-order valence-corrected chi connectivity index (χ2v) is 3.91. The van der Waals surface area contributed by atoms with Crippen LogP contribution in [-0.4, -0.2) is 26.8 Å². The molecule has 98 valence electrons. The average Bonchev–Trinajstić information content (AvgIpc) is 2.70. The average molecular weight is 261 g/mol. The largest absolute Gasteiger partial charge is 0.478 e. The number of anilines is 1. The minimum Gasteiger partial charge on any atom is -0.478 e. The van der Waals surface area contributed by atoms with E-state index >= 15 is 0 Å². The van der Waals surface area contributed by atoms with Crippen LogP contribution in [0.2, 0.25) is 0 Å². The van der Waals surface area contributed by atoms with Gasteiger partial charge in [-0.3, -0.25) is 19.4 Å². The molecule has 0 unspecified atom stereocenters. The first kappa shape index (κ1) is 12.6. The molecule has 0 aliphatic carbocycles. The van der Waals surface area contributed by atoms with Gasteiger partial charge in [-0.15, -0.1) is 0 Å². The summed E-state index contributed by atoms with van der Waals surface area (Å²) in [6.45, 7) is 0. The van der Waals surface area contributed by atoms with E-state index < -0.39 is 11.9 Å². The molecule has 0 aliphatic rings. The molecule has 0 saturated carbocycles. The van der Waals surface area contributed by atoms with Crippen molar-refractivity contribution in [3.05, 3.63) is 51.9 Å². The number of aromatic carboxylic acids is 1. The highest BCUT2D eigenvalue weighted by Gasteiger charge is 2.11. The highest BCUT2D eigenvalue weighted by atomic mass is 16.4. The van der Waals surface area contributed by atoms with Gasteiger partial charge in [0, 0.05) is 18.8 Å². The summed E-state index contributed by atoms with van der Waals surface area (Å²) in [5.74, 6) is -1.59. The molecule has 1 amide bonds. The fourth-order valence-corrected chi connectivity index (χ4v) is 1.53. The van der Waals surface area contributed by atoms with Crippen molar-refractivity contribution in [3.8, 4) is 0 Å². The van der Waals surface area contributed by atoms with Crippen molar-refractivity contribution in [2.75, 3.05) is 5.32 Å². The number of carbonyl (C=O) groups excluding carboxylic acids is 1. The number of carbonyl (C=O) groups is 2. The van der Waals surface area contributed by atoms with E-state index in [9.17, 15) is 14.4 Å². The maximum absolute atomic E-state index is 11.8. The zero-order valence-electron chi connectivity index (χ0n) is 10.0. The Labute approximate surface area is 107 Å². The first-order chi connectivity index (χ1) is 8.97. The molecule has 1 aromatic heterocycles. The first-order valence-corrected chi connectivity index (χ1v) is 5.38. The van der Waals surface area contributed by atoms with Crippen LogP contribution in [0.5, 0.6) is 0 Å². The topological polar surface area (TPSA) is 104 Å². The molecule has 0 bridgehead atoms. The number of rotatable bonds is 3. The predicted molar refractivity (Wildman–Crippen MR) is 67.4 cm³/mol. The maximum atomic E-state index is 11.8. The van der Waals surface area contributed by atoms with Gasteiger partial charge in [-0.1, -0.05) is 6.07 Å². The molecule has 0 atom stereocenters. The van der Waals surface area contributed by atoms with Crippen molar-refractivity contribution in [2.24, 2.45) is 7.05 Å². The Kier molecular flexibility index (Phi) is 3.19. The summed E-state index contributed by atoms with van der Waals surface area (Å²) in [5.41, 5.74) is 0.187. The predicted octanol–water partition coefficient (Wildman–Crippen LogP) is 0.664. The number of aryl methyl sites for hydroxylation is 1. The molecule has 7 heteroatoms. The van der Waals surface area contributed by atoms with Gasteiger partial charge in [-0.2, -0.15) is 0 Å². The van der Waals surface area contributed by atoms with E-state index in [-0.39, 0.29) is 16.8 Å². The van der Waals surface area contributed by atoms with Gasteiger partial charge in [0.25, 0.3) is 11.5 Å². The quantitative estimate of drug-likeness (QED) is 0.755. The van der Waals surface area contributed by atoms with Gasteiger partial charge in [0.1, 0.15) is 5.69 Å². The lowest BCUT2D eigenvalue weighted by molar-refractivity contribution is 0.0696. The van der Waals surface area contributed by atoms with Crippen molar-refractivity contribution in [3.63, 3.8) is 0 Å². The number of benzene rings is 1. The van der Waals surface area contributed by atoms with Crippen LogP contribution < -0.4 is 10.9 Å². The lowest BCUT2D eigenvalue weighted by Crippen LogP contribution is -2.13. The van der Waals surface area contributed by atoms with E-state index in [1.807, 2.05) is 0 Å². The number of aromatic amines is 1. The summed E-state index contributed by atoms with van der Waals surface area (Å²) in [7, 11) is 1.49. The number of hydrogen-bond acceptors (Lipinski definition) is 3. The van der Waals surface area contributed by atoms with Gasteiger partial charge in [-0.05, 0) is 18.2 Å². The second-order valence-electron chi connectivity index (χ2n) is 3.91. The Morgan fingerprint density at radius 1 is 1.32 bits per heavy atom. The number of carboxylic acid groups (broad SMARTS) is 1. The Morgan fingerprint density at radius 3 is 2.63 bits per heavy atom. The molecule has 19 heavy (non-hydrogen) atoms. The van der Waals surface area contributed by atoms with Gasteiger partial charge in [0.05, 0.1) is 5.56 Å². The molecule has 2 aromatic rings. The summed E-state index contributed by atoms with van der Waals surface area (Å²) in [5, 5.41) is 13.9. The maximum Gasteiger partial charge on any atom is 0.335 e. The second kappa shape index (κ2) is 4.81. The molecule has 1 heterocycles. The number of nitrogens with one attached hydrogen (secondary N) is 2. The third-order valence-corrected chi connectivity index (χ3v) is 2.50. The van der Waals surface area contributed by atoms with Crippen molar-refractivity contribution in [1.82, 2.24) is 9.78 Å². The zero-order valence-corrected chi connectivity index (χ0v) is 10.0. The first-order valence-electron chi connectivity index (χ1n) is 5.38. The Bertz CT molecular complexity index is 699. The van der Waals surface area contributed by atoms with E-state index in [4.69, 9.17) is 5.11 Å². The van der Waals surface area contributed by atoms with Gasteiger partial charge >= 0.3 is 5.97 Å². The van der Waals surface area contributed by atoms with Crippen molar-refractivity contribution in [2.45, 2.75) is 0 Å². The molecule has 2 rings (SSSR count). The van der Waals surface area contributed by atoms with Crippen LogP contribution in [0.25, 0.3) is 0 Å². The van der Waals surface area contributed by atoms with Crippen molar-refractivity contribution >= 4 is 17.6 Å². The number of hydrogen-bond donors (Lipinski definition) is 3. The molecule has 0 radical (unpaired) electrons. The summed E-state index contributed by atoms with van der Waals surface area (Å²) in [6.07, 6.45) is 0. The van der Waals surface area contributed by atoms with Crippen LogP contribution in [-0.2, 0) is 7.05 Å². The number of carboxylic acids is 1. The highest BCUT2D eigenvalue weighted by molar-refractivity contribution is 6.03. The van der Waals surface area contributed by atoms with Crippen LogP contribution in [0, 0.1) is 0 Å². The summed E-state index contributed by atoms with van der Waals surface area (Å²) < 4.78 is 1.17. The Morgan fingerprint density at radius 2 is 2.05 bits per heavy atom. The summed E-state index contributed by atoms with van der Waals surface area (Å²) in [6, 6.07) is 7.00. The monoisotopic (exact) mass is 261 g/mol. The standard InChI is InChI=1S/C12H11N3O4/c1-15-10(16)6-9(14-15)11(17)13-8-4-2-3-7(5-8)12(18)19/h2-6,14H,1H3,(H,13,17)(H,18,19). The van der Waals surface area contributed by atoms with E-state index in [1.165, 1.54) is 29.9 Å². The van der Waals surface area contributed by atoms with Gasteiger partial charge in [0.15, 0.2) is 0 Å². The van der Waals surface area contributed by atoms with Gasteiger partial charge < -0.3 is 10.4 Å². The SMILES string of the molecule is Cn1[nH]c(C(=O)Nc2cccc(C(=O)O)c2)cc1=O. The molecule has 0 fully saturated rings. The molecule has 7 nitrogen and oxygen atoms in total. The fourth-order valence-electron chi connectivity index (χ4n) is 1.53. The van der Waals surface area contributed by atoms with E-state index in [1.54, 1.807) is 6.07 Å². The molecule has 1 aromatic carbocycles. The van der Waals surface area contributed by atoms with E-state index in [0.717, 1.165) is 6.07 Å². The third-order valence-electron chi connectivity index (χ3n) is 2.50. The van der Waals surface area contributed by atoms with E-state index in [2.05, 4.69) is 10.4 Å². The molecular formula is C12H11N3O4. The zero-order chi connectivity index (χ0) is 14.0. The lowest BCUT2D eigenvalue weighted by atomic mass is 10.2. The van der Waals surface area contributed by atoms with Crippen LogP contribution >= 0.6 is 0 Å². The van der Waals surface area contributed by atoms with Gasteiger partial charge in [0.2, 0.25) is 0 Å². The minimum atomic E-state index is -1.08. The van der Waals surface area contributed by atoms with Gasteiger partial charge in [-0.25, -0.2) is 4.79 Å². The summed E-state index contributed by atoms with van der Waals surface area (Å²) in [4.78, 5) is 33.8. The number of aromatic nitrogens is 2. The molecule has 0 saturated heterocycles. The minimum absolute atomic E-state index is 0.0688. The van der Waals surface area contributed by atoms with Crippen LogP contribution in [0.1, 0.15) is 20.8 Å². The van der Waals surface area contributed by atoms with Crippen molar-refractivity contribution < 1.29 is 14.7 Å². The van der Waals surface area contributed by atoms with Crippen LogP contribution in [0.4, 0.5) is 5.69 Å². The smallest absolute Gasteiger partial charge is 0.335 e. The Hall–Kier alpha value is -2.83. The van der Waals surface area contributed by atoms with E-state index in [0.29, 0.717) is 5.69 Å². The number of H-pyrrole nitrogens is 1. The number of amides is 1. The molecular weight excluding hydrogens is 250 g/mol. The summed E-state index contributed by atoms with van der Waals surface area (Å²) >= 11 is 0. The third kappa shape index (κ3) is 2.71. The number of nitrogens with zero attached hydrogens (tertiary/aromatic N) is 1. The Balaban J connectivity index is 2.21. The lowest BCUT2D eigenvalue weighted by Gasteiger charge is -2.04. The van der Waals surface area contributed by atoms with Crippen molar-refractivity contribution in [1.29, 1.82) is 0 Å². The molecule has 3 N–H and O–H groups in total. The highest BCUT2D eigenvalue weighted by Crippen LogP contribution is 2.11. The molecule has 0 spiro atoms.